The minimum absolute atomic E-state index is 0.0435. The molecule has 0 unspecified atom stereocenters. The van der Waals surface area contributed by atoms with Crippen LogP contribution in [0.5, 0.6) is 5.75 Å². The third kappa shape index (κ3) is 5.79. The first-order valence-corrected chi connectivity index (χ1v) is 6.15. The average Bonchev–Trinajstić information content (AvgIpc) is 2.37. The van der Waals surface area contributed by atoms with Gasteiger partial charge in [-0.15, -0.1) is 0 Å². The van der Waals surface area contributed by atoms with Gasteiger partial charge in [0.15, 0.2) is 0 Å². The molecule has 0 fully saturated rings. The molecule has 0 aliphatic rings. The van der Waals surface area contributed by atoms with Gasteiger partial charge in [0.05, 0.1) is 0 Å². The Morgan fingerprint density at radius 1 is 1.25 bits per heavy atom. The summed E-state index contributed by atoms with van der Waals surface area (Å²) in [6.45, 7) is 0.699. The number of rotatable bonds is 5. The quantitative estimate of drug-likeness (QED) is 0.802. The lowest BCUT2D eigenvalue weighted by Crippen LogP contribution is -2.35. The van der Waals surface area contributed by atoms with Crippen molar-refractivity contribution in [2.45, 2.75) is 6.61 Å². The number of benzene rings is 1. The van der Waals surface area contributed by atoms with Gasteiger partial charge >= 0.3 is 18.4 Å². The summed E-state index contributed by atoms with van der Waals surface area (Å²) in [7, 11) is 0. The van der Waals surface area contributed by atoms with Gasteiger partial charge in [-0.05, 0) is 24.3 Å². The Bertz CT molecular complexity index is 506. The van der Waals surface area contributed by atoms with Gasteiger partial charge in [0, 0.05) is 16.7 Å². The fraction of sp³-hybridized carbons (Fsp3) is 0.167. The lowest BCUT2D eigenvalue weighted by molar-refractivity contribution is -0.136. The topological polar surface area (TPSA) is 67.4 Å². The van der Waals surface area contributed by atoms with Crippen LogP contribution in [0.15, 0.2) is 35.3 Å². The lowest BCUT2D eigenvalue weighted by Gasteiger charge is -2.07. The molecule has 0 heterocycles. The van der Waals surface area contributed by atoms with Crippen molar-refractivity contribution in [3.63, 3.8) is 0 Å². The largest absolute Gasteiger partial charge is 0.435 e. The number of hydrogen-bond acceptors (Lipinski definition) is 3. The van der Waals surface area contributed by atoms with Crippen molar-refractivity contribution in [3.05, 3.63) is 35.3 Å². The van der Waals surface area contributed by atoms with Gasteiger partial charge in [0.2, 0.25) is 0 Å². The summed E-state index contributed by atoms with van der Waals surface area (Å²) in [6.07, 6.45) is 0. The Morgan fingerprint density at radius 2 is 1.85 bits per heavy atom. The van der Waals surface area contributed by atoms with Crippen molar-refractivity contribution in [1.29, 1.82) is 0 Å². The van der Waals surface area contributed by atoms with E-state index in [0.29, 0.717) is 4.48 Å². The highest BCUT2D eigenvalue weighted by Gasteiger charge is 2.13. The van der Waals surface area contributed by atoms with E-state index in [1.807, 2.05) is 0 Å². The smallest absolute Gasteiger partial charge is 0.387 e. The molecule has 8 heteroatoms. The number of nitrogens with one attached hydrogen (secondary N) is 2. The summed E-state index contributed by atoms with van der Waals surface area (Å²) in [5.41, 5.74) is 0.282. The second-order valence-corrected chi connectivity index (χ2v) is 4.68. The third-order valence-corrected chi connectivity index (χ3v) is 2.26. The highest BCUT2D eigenvalue weighted by Crippen LogP contribution is 2.17. The van der Waals surface area contributed by atoms with Gasteiger partial charge in [-0.1, -0.05) is 22.5 Å². The van der Waals surface area contributed by atoms with Gasteiger partial charge in [0.1, 0.15) is 5.75 Å². The molecule has 0 saturated carbocycles. The number of alkyl halides is 2. The molecule has 0 saturated heterocycles. The van der Waals surface area contributed by atoms with Crippen LogP contribution in [-0.4, -0.2) is 25.0 Å². The van der Waals surface area contributed by atoms with E-state index in [-0.39, 0.29) is 18.0 Å². The molecule has 1 aromatic rings. The monoisotopic (exact) mass is 348 g/mol. The number of ether oxygens (including phenoxy) is 1. The van der Waals surface area contributed by atoms with Crippen LogP contribution in [0, 0.1) is 0 Å². The van der Waals surface area contributed by atoms with Crippen molar-refractivity contribution in [3.8, 4) is 5.75 Å². The fourth-order valence-corrected chi connectivity index (χ4v) is 1.30. The van der Waals surface area contributed by atoms with Gasteiger partial charge in [-0.25, -0.2) is 0 Å². The number of hydrogen-bond donors (Lipinski definition) is 2. The predicted octanol–water partition coefficient (Wildman–Crippen LogP) is 2.25. The summed E-state index contributed by atoms with van der Waals surface area (Å²) in [6, 6.07) is 5.18. The highest BCUT2D eigenvalue weighted by molar-refractivity contribution is 9.11. The highest BCUT2D eigenvalue weighted by atomic mass is 79.9. The molecular formula is C12H11BrF2N2O3. The van der Waals surface area contributed by atoms with Crippen LogP contribution in [0.2, 0.25) is 0 Å². The Labute approximate surface area is 122 Å². The zero-order valence-corrected chi connectivity index (χ0v) is 11.7. The molecule has 0 aliphatic carbocycles. The van der Waals surface area contributed by atoms with Gasteiger partial charge in [-0.3, -0.25) is 9.59 Å². The SMILES string of the molecule is C=C(Br)CNC(=O)C(=O)Nc1ccc(OC(F)F)cc1. The number of carbonyl (C=O) groups excluding carboxylic acids is 2. The molecule has 1 aromatic carbocycles. The second kappa shape index (κ2) is 7.59. The normalized spacial score (nSPS) is 10.0. The standard InChI is InChI=1S/C12H11BrF2N2O3/c1-7(13)6-16-10(18)11(19)17-8-2-4-9(5-3-8)20-12(14)15/h2-5,12H,1,6H2,(H,16,18)(H,17,19). The molecule has 108 valence electrons. The van der Waals surface area contributed by atoms with E-state index in [9.17, 15) is 18.4 Å². The maximum atomic E-state index is 11.9. The maximum Gasteiger partial charge on any atom is 0.387 e. The zero-order valence-electron chi connectivity index (χ0n) is 10.2. The van der Waals surface area contributed by atoms with Crippen LogP contribution >= 0.6 is 15.9 Å². The molecule has 2 amide bonds. The second-order valence-electron chi connectivity index (χ2n) is 3.56. The number of halogens is 3. The molecule has 0 atom stereocenters. The minimum atomic E-state index is -2.92. The van der Waals surface area contributed by atoms with Crippen molar-refractivity contribution < 1.29 is 23.1 Å². The van der Waals surface area contributed by atoms with Crippen LogP contribution in [0.1, 0.15) is 0 Å². The molecule has 2 N–H and O–H groups in total. The molecule has 0 radical (unpaired) electrons. The Morgan fingerprint density at radius 3 is 2.35 bits per heavy atom. The molecule has 0 bridgehead atoms. The van der Waals surface area contributed by atoms with Crippen LogP contribution in [0.3, 0.4) is 0 Å². The molecule has 0 aromatic heterocycles. The van der Waals surface area contributed by atoms with Crippen LogP contribution in [0.4, 0.5) is 14.5 Å². The Balaban J connectivity index is 2.53. The van der Waals surface area contributed by atoms with Crippen molar-refractivity contribution in [2.75, 3.05) is 11.9 Å². The van der Waals surface area contributed by atoms with E-state index < -0.39 is 18.4 Å². The summed E-state index contributed by atoms with van der Waals surface area (Å²) in [4.78, 5) is 22.8. The van der Waals surface area contributed by atoms with Crippen LogP contribution < -0.4 is 15.4 Å². The third-order valence-electron chi connectivity index (χ3n) is 1.98. The lowest BCUT2D eigenvalue weighted by atomic mass is 10.3. The molecule has 0 spiro atoms. The van der Waals surface area contributed by atoms with Gasteiger partial charge in [-0.2, -0.15) is 8.78 Å². The molecule has 20 heavy (non-hydrogen) atoms. The van der Waals surface area contributed by atoms with E-state index in [1.165, 1.54) is 24.3 Å². The maximum absolute atomic E-state index is 11.9. The number of anilines is 1. The predicted molar refractivity (Wildman–Crippen MR) is 72.8 cm³/mol. The molecule has 0 aliphatic heterocycles. The van der Waals surface area contributed by atoms with E-state index in [4.69, 9.17) is 0 Å². The Hall–Kier alpha value is -1.96. The summed E-state index contributed by atoms with van der Waals surface area (Å²) in [5.74, 6) is -1.75. The van der Waals surface area contributed by atoms with Crippen molar-refractivity contribution in [2.24, 2.45) is 0 Å². The first kappa shape index (κ1) is 16.1. The van der Waals surface area contributed by atoms with Crippen molar-refractivity contribution in [1.82, 2.24) is 5.32 Å². The number of carbonyl (C=O) groups is 2. The fourth-order valence-electron chi connectivity index (χ4n) is 1.16. The molecule has 1 rings (SSSR count). The van der Waals surface area contributed by atoms with E-state index in [0.717, 1.165) is 0 Å². The Kier molecular flexibility index (Phi) is 6.10. The summed E-state index contributed by atoms with van der Waals surface area (Å²) in [5, 5.41) is 4.63. The molecular weight excluding hydrogens is 338 g/mol. The van der Waals surface area contributed by atoms with Crippen molar-refractivity contribution >= 4 is 33.4 Å². The van der Waals surface area contributed by atoms with Crippen LogP contribution in [-0.2, 0) is 9.59 Å². The average molecular weight is 349 g/mol. The van der Waals surface area contributed by atoms with Gasteiger partial charge < -0.3 is 15.4 Å². The van der Waals surface area contributed by atoms with E-state index >= 15 is 0 Å². The number of amides is 2. The van der Waals surface area contributed by atoms with E-state index in [2.05, 4.69) is 37.9 Å². The van der Waals surface area contributed by atoms with Gasteiger partial charge in [0.25, 0.3) is 0 Å². The summed E-state index contributed by atoms with van der Waals surface area (Å²) >= 11 is 3.03. The van der Waals surface area contributed by atoms with Crippen LogP contribution in [0.25, 0.3) is 0 Å². The first-order chi connectivity index (χ1) is 9.38. The molecule has 5 nitrogen and oxygen atoms in total. The zero-order chi connectivity index (χ0) is 15.1. The first-order valence-electron chi connectivity index (χ1n) is 5.36. The van der Waals surface area contributed by atoms with E-state index in [1.54, 1.807) is 0 Å². The minimum Gasteiger partial charge on any atom is -0.435 e. The summed E-state index contributed by atoms with van der Waals surface area (Å²) < 4.78 is 28.5.